The number of nitriles is 1. The number of para-hydroxylation sites is 2. The monoisotopic (exact) mass is 723 g/mol. The highest BCUT2D eigenvalue weighted by Gasteiger charge is 2.26. The molecule has 0 radical (unpaired) electrons. The molecule has 0 amide bonds. The van der Waals surface area contributed by atoms with Gasteiger partial charge in [-0.25, -0.2) is 9.97 Å². The molecule has 0 bridgehead atoms. The van der Waals surface area contributed by atoms with Crippen LogP contribution in [0, 0.1) is 11.3 Å². The van der Waals surface area contributed by atoms with Crippen LogP contribution in [0.25, 0.3) is 107 Å². The van der Waals surface area contributed by atoms with Gasteiger partial charge in [-0.1, -0.05) is 103 Å². The van der Waals surface area contributed by atoms with Crippen molar-refractivity contribution in [2.24, 2.45) is 0 Å². The quantitative estimate of drug-likeness (QED) is 0.182. The Hall–Kier alpha value is -6.85. The van der Waals surface area contributed by atoms with Crippen molar-refractivity contribution in [1.82, 2.24) is 19.1 Å². The Morgan fingerprint density at radius 1 is 0.407 bits per heavy atom. The topological polar surface area (TPSA) is 59.4 Å². The van der Waals surface area contributed by atoms with Crippen LogP contribution in [-0.4, -0.2) is 19.1 Å². The van der Waals surface area contributed by atoms with E-state index in [1.807, 2.05) is 53.0 Å². The van der Waals surface area contributed by atoms with E-state index >= 15 is 0 Å². The van der Waals surface area contributed by atoms with Gasteiger partial charge < -0.3 is 0 Å². The Balaban J connectivity index is 1.26. The summed E-state index contributed by atoms with van der Waals surface area (Å²) < 4.78 is 9.35. The van der Waals surface area contributed by atoms with Gasteiger partial charge in [-0.3, -0.25) is 9.13 Å². The van der Waals surface area contributed by atoms with E-state index in [1.165, 1.54) is 40.3 Å². The first kappa shape index (κ1) is 29.7. The summed E-state index contributed by atoms with van der Waals surface area (Å²) in [6.45, 7) is 0. The van der Waals surface area contributed by atoms with Crippen molar-refractivity contribution in [1.29, 1.82) is 5.26 Å². The Bertz CT molecular complexity index is 3370. The molecule has 12 rings (SSSR count). The van der Waals surface area contributed by atoms with Gasteiger partial charge in [0.2, 0.25) is 0 Å². The fourth-order valence-corrected chi connectivity index (χ4v) is 10.8. The van der Waals surface area contributed by atoms with E-state index in [0.29, 0.717) is 23.0 Å². The predicted octanol–water partition coefficient (Wildman–Crippen LogP) is 12.9. The molecule has 5 heterocycles. The lowest BCUT2D eigenvalue weighted by Gasteiger charge is -2.16. The van der Waals surface area contributed by atoms with Crippen LogP contribution in [0.5, 0.6) is 0 Å². The van der Waals surface area contributed by atoms with Gasteiger partial charge in [0.1, 0.15) is 11.6 Å². The summed E-state index contributed by atoms with van der Waals surface area (Å²) in [7, 11) is 0. The molecule has 0 aliphatic carbocycles. The molecule has 0 aliphatic heterocycles. The van der Waals surface area contributed by atoms with E-state index in [9.17, 15) is 5.26 Å². The van der Waals surface area contributed by atoms with E-state index in [-0.39, 0.29) is 0 Å². The number of hydrogen-bond donors (Lipinski definition) is 0. The van der Waals surface area contributed by atoms with Gasteiger partial charge in [0.05, 0.1) is 22.1 Å². The molecule has 0 atom stereocenters. The maximum Gasteiger partial charge on any atom is 0.164 e. The molecule has 7 heteroatoms. The third-order valence-corrected chi connectivity index (χ3v) is 13.1. The Kier molecular flexibility index (Phi) is 6.09. The number of nitrogens with zero attached hydrogens (tertiary/aromatic N) is 5. The molecule has 0 saturated carbocycles. The minimum Gasteiger partial charge on any atom is -0.292 e. The van der Waals surface area contributed by atoms with Gasteiger partial charge in [-0.15, -0.1) is 22.7 Å². The zero-order valence-electron chi connectivity index (χ0n) is 28.5. The van der Waals surface area contributed by atoms with Gasteiger partial charge in [0.25, 0.3) is 0 Å². The SMILES string of the molecule is N#Cc1c(-n2c3ccccc3c3c4c(ccc32)sc2ccccc24)nc(-c2ccccc2)nc1-n1c2ccccc2c2c3c(ccc21)sc1ccccc13. The summed E-state index contributed by atoms with van der Waals surface area (Å²) in [4.78, 5) is 10.6. The fraction of sp³-hybridized carbons (Fsp3) is 0. The molecule has 0 saturated heterocycles. The van der Waals surface area contributed by atoms with Crippen LogP contribution in [0.3, 0.4) is 0 Å². The molecule has 0 aliphatic rings. The second-order valence-electron chi connectivity index (χ2n) is 13.6. The zero-order valence-corrected chi connectivity index (χ0v) is 30.1. The lowest BCUT2D eigenvalue weighted by atomic mass is 10.1. The number of rotatable bonds is 3. The second kappa shape index (κ2) is 11.1. The predicted molar refractivity (Wildman–Crippen MR) is 227 cm³/mol. The molecule has 7 aromatic carbocycles. The Labute approximate surface area is 315 Å². The molecule has 250 valence electrons. The van der Waals surface area contributed by atoms with Crippen LogP contribution < -0.4 is 0 Å². The van der Waals surface area contributed by atoms with Crippen LogP contribution in [0.15, 0.2) is 152 Å². The van der Waals surface area contributed by atoms with Crippen LogP contribution >= 0.6 is 22.7 Å². The summed E-state index contributed by atoms with van der Waals surface area (Å²) >= 11 is 3.62. The van der Waals surface area contributed by atoms with Gasteiger partial charge in [-0.2, -0.15) is 5.26 Å². The molecule has 0 fully saturated rings. The summed E-state index contributed by atoms with van der Waals surface area (Å²) in [6.07, 6.45) is 0. The average Bonchev–Trinajstić information content (AvgIpc) is 3.98. The van der Waals surface area contributed by atoms with Crippen LogP contribution in [-0.2, 0) is 0 Å². The van der Waals surface area contributed by atoms with Gasteiger partial charge >= 0.3 is 0 Å². The highest BCUT2D eigenvalue weighted by molar-refractivity contribution is 7.26. The lowest BCUT2D eigenvalue weighted by molar-refractivity contribution is 0.982. The average molecular weight is 724 g/mol. The molecule has 0 unspecified atom stereocenters. The second-order valence-corrected chi connectivity index (χ2v) is 15.8. The highest BCUT2D eigenvalue weighted by atomic mass is 32.1. The van der Waals surface area contributed by atoms with Gasteiger partial charge in [0.15, 0.2) is 17.5 Å². The Morgan fingerprint density at radius 3 is 1.35 bits per heavy atom. The van der Waals surface area contributed by atoms with E-state index in [0.717, 1.165) is 49.2 Å². The largest absolute Gasteiger partial charge is 0.292 e. The van der Waals surface area contributed by atoms with E-state index < -0.39 is 0 Å². The third kappa shape index (κ3) is 3.96. The smallest absolute Gasteiger partial charge is 0.164 e. The maximum atomic E-state index is 11.4. The number of thiophene rings is 2. The first-order chi connectivity index (χ1) is 26.8. The maximum absolute atomic E-state index is 11.4. The number of fused-ring (bicyclic) bond motifs is 14. The molecule has 5 nitrogen and oxygen atoms in total. The van der Waals surface area contributed by atoms with Crippen molar-refractivity contribution >= 4 is 107 Å². The third-order valence-electron chi connectivity index (χ3n) is 10.8. The van der Waals surface area contributed by atoms with Crippen molar-refractivity contribution in [3.05, 3.63) is 157 Å². The van der Waals surface area contributed by atoms with E-state index in [2.05, 4.69) is 137 Å². The summed E-state index contributed by atoms with van der Waals surface area (Å²) in [5.41, 5.74) is 5.27. The molecular weight excluding hydrogens is 699 g/mol. The minimum absolute atomic E-state index is 0.408. The van der Waals surface area contributed by atoms with Crippen molar-refractivity contribution in [3.63, 3.8) is 0 Å². The van der Waals surface area contributed by atoms with Crippen LogP contribution in [0.4, 0.5) is 0 Å². The van der Waals surface area contributed by atoms with Gasteiger partial charge in [0, 0.05) is 67.5 Å². The normalized spacial score (nSPS) is 12.1. The lowest BCUT2D eigenvalue weighted by Crippen LogP contribution is -2.10. The highest BCUT2D eigenvalue weighted by Crippen LogP contribution is 2.46. The number of hydrogen-bond acceptors (Lipinski definition) is 5. The van der Waals surface area contributed by atoms with Crippen molar-refractivity contribution in [2.45, 2.75) is 0 Å². The molecule has 54 heavy (non-hydrogen) atoms. The first-order valence-electron chi connectivity index (χ1n) is 17.8. The molecule has 12 aromatic rings. The van der Waals surface area contributed by atoms with Crippen molar-refractivity contribution < 1.29 is 0 Å². The number of benzene rings is 7. The van der Waals surface area contributed by atoms with Crippen LogP contribution in [0.2, 0.25) is 0 Å². The summed E-state index contributed by atoms with van der Waals surface area (Å²) in [5.74, 6) is 1.67. The number of aromatic nitrogens is 4. The van der Waals surface area contributed by atoms with Crippen molar-refractivity contribution in [3.8, 4) is 29.1 Å². The Morgan fingerprint density at radius 2 is 0.852 bits per heavy atom. The summed E-state index contributed by atoms with van der Waals surface area (Å²) in [6, 6.07) is 55.8. The van der Waals surface area contributed by atoms with Gasteiger partial charge in [-0.05, 0) is 48.5 Å². The molecular formula is C47H25N5S2. The van der Waals surface area contributed by atoms with E-state index in [1.54, 1.807) is 0 Å². The first-order valence-corrected chi connectivity index (χ1v) is 19.5. The summed E-state index contributed by atoms with van der Waals surface area (Å²) in [5, 5.41) is 20.8. The zero-order chi connectivity index (χ0) is 35.5. The standard InChI is InChI=1S/C47H25N5S2/c48-26-32-46(51-33-18-8-4-14-28(33)41-35(51)22-24-39-43(41)30-16-6-10-20-37(30)53-39)49-45(27-12-2-1-3-13-27)50-47(32)52-34-19-9-5-15-29(34)42-36(52)23-25-40-44(42)31-17-7-11-21-38(31)54-40/h1-25H. The molecule has 0 spiro atoms. The molecule has 0 N–H and O–H groups in total. The van der Waals surface area contributed by atoms with E-state index in [4.69, 9.17) is 9.97 Å². The van der Waals surface area contributed by atoms with Crippen LogP contribution in [0.1, 0.15) is 5.56 Å². The minimum atomic E-state index is 0.408. The molecule has 5 aromatic heterocycles. The fourth-order valence-electron chi connectivity index (χ4n) is 8.58. The van der Waals surface area contributed by atoms with Crippen molar-refractivity contribution in [2.75, 3.05) is 0 Å².